The van der Waals surface area contributed by atoms with Crippen molar-refractivity contribution in [3.05, 3.63) is 83.1 Å². The topological polar surface area (TPSA) is 99.9 Å². The molecule has 0 bridgehead atoms. The highest BCUT2D eigenvalue weighted by Crippen LogP contribution is 2.27. The van der Waals surface area contributed by atoms with Gasteiger partial charge in [0.2, 0.25) is 5.95 Å². The molecule has 0 aliphatic carbocycles. The molecule has 3 aromatic rings. The van der Waals surface area contributed by atoms with E-state index in [1.807, 2.05) is 42.2 Å². The SMILES string of the molecule is C=C(/C=C(/C)C=NC)c1cc(Cl)cc(Nc2ccc(/C=N/Nc3ncc(F)c(N4CCOCC4)n3)nc2)c1. The van der Waals surface area contributed by atoms with Gasteiger partial charge in [-0.2, -0.15) is 10.1 Å². The predicted octanol–water partition coefficient (Wildman–Crippen LogP) is 5.35. The van der Waals surface area contributed by atoms with Gasteiger partial charge in [0.05, 0.1) is 43.2 Å². The van der Waals surface area contributed by atoms with Gasteiger partial charge in [0, 0.05) is 37.1 Å². The van der Waals surface area contributed by atoms with E-state index >= 15 is 0 Å². The number of aliphatic imine (C=N–C) groups is 1. The molecule has 1 aliphatic rings. The molecule has 11 heteroatoms. The minimum Gasteiger partial charge on any atom is -0.378 e. The molecule has 38 heavy (non-hydrogen) atoms. The number of benzene rings is 1. The fraction of sp³-hybridized carbons (Fsp3) is 0.222. The summed E-state index contributed by atoms with van der Waals surface area (Å²) in [4.78, 5) is 18.4. The summed E-state index contributed by atoms with van der Waals surface area (Å²) in [6.45, 7) is 8.29. The maximum atomic E-state index is 14.2. The minimum atomic E-state index is -0.486. The predicted molar refractivity (Wildman–Crippen MR) is 152 cm³/mol. The molecular weight excluding hydrogens is 507 g/mol. The Morgan fingerprint density at radius 1 is 1.16 bits per heavy atom. The number of halogens is 2. The zero-order chi connectivity index (χ0) is 26.9. The van der Waals surface area contributed by atoms with Crippen LogP contribution in [0.1, 0.15) is 18.2 Å². The molecule has 0 amide bonds. The third-order valence-electron chi connectivity index (χ3n) is 5.48. The lowest BCUT2D eigenvalue weighted by atomic mass is 10.0. The number of ether oxygens (including phenoxy) is 1. The summed E-state index contributed by atoms with van der Waals surface area (Å²) in [5, 5.41) is 8.02. The maximum Gasteiger partial charge on any atom is 0.245 e. The van der Waals surface area contributed by atoms with Crippen LogP contribution in [0.5, 0.6) is 0 Å². The van der Waals surface area contributed by atoms with E-state index in [9.17, 15) is 4.39 Å². The molecule has 1 saturated heterocycles. The first-order chi connectivity index (χ1) is 18.4. The summed E-state index contributed by atoms with van der Waals surface area (Å²) in [7, 11) is 1.73. The first kappa shape index (κ1) is 26.9. The molecule has 2 N–H and O–H groups in total. The van der Waals surface area contributed by atoms with Gasteiger partial charge in [0.15, 0.2) is 11.6 Å². The number of hydrazone groups is 1. The third-order valence-corrected chi connectivity index (χ3v) is 5.69. The van der Waals surface area contributed by atoms with Crippen molar-refractivity contribution in [3.8, 4) is 0 Å². The van der Waals surface area contributed by atoms with Crippen molar-refractivity contribution in [1.82, 2.24) is 15.0 Å². The van der Waals surface area contributed by atoms with Crippen LogP contribution < -0.4 is 15.6 Å². The van der Waals surface area contributed by atoms with Crippen LogP contribution in [0.25, 0.3) is 5.57 Å². The van der Waals surface area contributed by atoms with Gasteiger partial charge in [-0.25, -0.2) is 14.8 Å². The van der Waals surface area contributed by atoms with E-state index in [4.69, 9.17) is 16.3 Å². The summed E-state index contributed by atoms with van der Waals surface area (Å²) in [6, 6.07) is 9.33. The van der Waals surface area contributed by atoms with Crippen LogP contribution in [0.4, 0.5) is 27.5 Å². The molecule has 4 rings (SSSR count). The quantitative estimate of drug-likeness (QED) is 0.217. The molecule has 1 aliphatic heterocycles. The van der Waals surface area contributed by atoms with Gasteiger partial charge >= 0.3 is 0 Å². The van der Waals surface area contributed by atoms with Crippen LogP contribution in [0.2, 0.25) is 5.02 Å². The molecular formula is C27H28ClFN8O. The standard InChI is InChI=1S/C27H28ClFN8O/c1-18(14-30-3)10-19(2)20-11-21(28)13-24(12-20)34-23-5-4-22(31-15-23)16-33-36-27-32-17-25(29)26(35-27)37-6-8-38-9-7-37/h4-5,10-17,34H,2,6-9H2,1,3H3,(H,32,35,36)/b18-10-,30-14?,33-16+. The number of pyridine rings is 1. The zero-order valence-electron chi connectivity index (χ0n) is 21.2. The number of morpholine rings is 1. The smallest absolute Gasteiger partial charge is 0.245 e. The van der Waals surface area contributed by atoms with E-state index in [0.29, 0.717) is 37.0 Å². The number of anilines is 4. The lowest BCUT2D eigenvalue weighted by molar-refractivity contribution is 0.122. The minimum absolute atomic E-state index is 0.188. The van der Waals surface area contributed by atoms with Crippen LogP contribution in [0.3, 0.4) is 0 Å². The molecule has 0 unspecified atom stereocenters. The molecule has 0 spiro atoms. The van der Waals surface area contributed by atoms with Gasteiger partial charge in [-0.1, -0.05) is 24.3 Å². The first-order valence-electron chi connectivity index (χ1n) is 11.9. The van der Waals surface area contributed by atoms with Gasteiger partial charge in [-0.05, 0) is 54.0 Å². The molecule has 0 atom stereocenters. The first-order valence-corrected chi connectivity index (χ1v) is 12.3. The van der Waals surface area contributed by atoms with Gasteiger partial charge in [0.25, 0.3) is 0 Å². The Morgan fingerprint density at radius 3 is 2.71 bits per heavy atom. The lowest BCUT2D eigenvalue weighted by Gasteiger charge is -2.27. The van der Waals surface area contributed by atoms with Crippen LogP contribution in [-0.4, -0.2) is 60.7 Å². The Kier molecular flexibility index (Phi) is 9.12. The van der Waals surface area contributed by atoms with E-state index in [1.54, 1.807) is 25.5 Å². The fourth-order valence-electron chi connectivity index (χ4n) is 3.73. The van der Waals surface area contributed by atoms with Crippen molar-refractivity contribution in [3.63, 3.8) is 0 Å². The largest absolute Gasteiger partial charge is 0.378 e. The van der Waals surface area contributed by atoms with E-state index < -0.39 is 5.82 Å². The average Bonchev–Trinajstić information content (AvgIpc) is 2.91. The fourth-order valence-corrected chi connectivity index (χ4v) is 3.97. The van der Waals surface area contributed by atoms with Gasteiger partial charge < -0.3 is 15.0 Å². The Labute approximate surface area is 225 Å². The van der Waals surface area contributed by atoms with E-state index in [0.717, 1.165) is 34.3 Å². The second kappa shape index (κ2) is 12.9. The number of nitrogens with one attached hydrogen (secondary N) is 2. The number of nitrogens with zero attached hydrogens (tertiary/aromatic N) is 6. The molecule has 2 aromatic heterocycles. The average molecular weight is 535 g/mol. The Morgan fingerprint density at radius 2 is 1.97 bits per heavy atom. The van der Waals surface area contributed by atoms with E-state index in [-0.39, 0.29) is 11.8 Å². The summed E-state index contributed by atoms with van der Waals surface area (Å²) < 4.78 is 19.5. The van der Waals surface area contributed by atoms with Gasteiger partial charge in [-0.3, -0.25) is 9.98 Å². The normalized spacial score (nSPS) is 14.3. The molecule has 9 nitrogen and oxygen atoms in total. The highest BCUT2D eigenvalue weighted by Gasteiger charge is 2.17. The zero-order valence-corrected chi connectivity index (χ0v) is 21.9. The molecule has 0 saturated carbocycles. The summed E-state index contributed by atoms with van der Waals surface area (Å²) in [5.41, 5.74) is 7.63. The maximum absolute atomic E-state index is 14.2. The summed E-state index contributed by atoms with van der Waals surface area (Å²) >= 11 is 6.35. The van der Waals surface area contributed by atoms with Gasteiger partial charge in [-0.15, -0.1) is 0 Å². The number of aromatic nitrogens is 3. The van der Waals surface area contributed by atoms with Crippen molar-refractivity contribution < 1.29 is 9.13 Å². The van der Waals surface area contributed by atoms with Gasteiger partial charge in [0.1, 0.15) is 0 Å². The van der Waals surface area contributed by atoms with Crippen LogP contribution >= 0.6 is 11.6 Å². The van der Waals surface area contributed by atoms with E-state index in [1.165, 1.54) is 6.21 Å². The Bertz CT molecular complexity index is 1370. The molecule has 1 aromatic carbocycles. The van der Waals surface area contributed by atoms with Crippen molar-refractivity contribution in [2.45, 2.75) is 6.92 Å². The summed E-state index contributed by atoms with van der Waals surface area (Å²) in [5.74, 6) is -0.0732. The number of allylic oxidation sites excluding steroid dienone is 3. The molecule has 0 radical (unpaired) electrons. The van der Waals surface area contributed by atoms with Crippen molar-refractivity contribution in [2.75, 3.05) is 49.0 Å². The molecule has 1 fully saturated rings. The Hall–Kier alpha value is -4.15. The second-order valence-corrected chi connectivity index (χ2v) is 8.90. The van der Waals surface area contributed by atoms with Crippen molar-refractivity contribution in [2.24, 2.45) is 10.1 Å². The highest BCUT2D eigenvalue weighted by molar-refractivity contribution is 6.31. The number of hydrogen-bond acceptors (Lipinski definition) is 9. The molecule has 196 valence electrons. The summed E-state index contributed by atoms with van der Waals surface area (Å²) in [6.07, 6.45) is 8.06. The lowest BCUT2D eigenvalue weighted by Crippen LogP contribution is -2.37. The molecule has 3 heterocycles. The van der Waals surface area contributed by atoms with Crippen LogP contribution in [-0.2, 0) is 4.74 Å². The highest BCUT2D eigenvalue weighted by atomic mass is 35.5. The van der Waals surface area contributed by atoms with Crippen LogP contribution in [0, 0.1) is 5.82 Å². The second-order valence-electron chi connectivity index (χ2n) is 8.46. The monoisotopic (exact) mass is 534 g/mol. The van der Waals surface area contributed by atoms with Crippen molar-refractivity contribution >= 4 is 52.7 Å². The number of hydrogen-bond donors (Lipinski definition) is 2. The Balaban J connectivity index is 1.38. The van der Waals surface area contributed by atoms with Crippen LogP contribution in [0.15, 0.2) is 71.0 Å². The third kappa shape index (κ3) is 7.44. The van der Waals surface area contributed by atoms with Crippen molar-refractivity contribution in [1.29, 1.82) is 0 Å². The van der Waals surface area contributed by atoms with E-state index in [2.05, 4.69) is 42.4 Å². The number of rotatable bonds is 9.